The average Bonchev–Trinajstić information content (AvgIpc) is 2.65. The van der Waals surface area contributed by atoms with Crippen LogP contribution in [0.25, 0.3) is 0 Å². The predicted molar refractivity (Wildman–Crippen MR) is 93.7 cm³/mol. The number of nitrogens with zero attached hydrogens (tertiary/aromatic N) is 3. The zero-order valence-corrected chi connectivity index (χ0v) is 15.9. The first-order valence-corrected chi connectivity index (χ1v) is 9.12. The molecule has 2 aliphatic heterocycles. The first-order chi connectivity index (χ1) is 13.1. The summed E-state index contributed by atoms with van der Waals surface area (Å²) in [7, 11) is 1.56. The highest BCUT2D eigenvalue weighted by atomic mass is 19.2. The Balaban J connectivity index is 1.81. The molecule has 28 heavy (non-hydrogen) atoms. The van der Waals surface area contributed by atoms with Gasteiger partial charge in [0.05, 0.1) is 12.1 Å². The lowest BCUT2D eigenvalue weighted by atomic mass is 9.95. The summed E-state index contributed by atoms with van der Waals surface area (Å²) < 4.78 is 40.5. The Bertz CT molecular complexity index is 830. The Morgan fingerprint density at radius 2 is 1.71 bits per heavy atom. The maximum Gasteiger partial charge on any atom is 0.257 e. The Kier molecular flexibility index (Phi) is 5.36. The summed E-state index contributed by atoms with van der Waals surface area (Å²) in [5.74, 6) is -4.98. The first-order valence-electron chi connectivity index (χ1n) is 9.12. The fraction of sp³-hybridized carbons (Fsp3) is 0.526. The molecule has 0 saturated carbocycles. The number of hydrogen-bond donors (Lipinski definition) is 0. The van der Waals surface area contributed by atoms with E-state index in [2.05, 4.69) is 0 Å². The fourth-order valence-corrected chi connectivity index (χ4v) is 3.75. The normalized spacial score (nSPS) is 22.8. The monoisotopic (exact) mass is 397 g/mol. The molecule has 2 aliphatic rings. The van der Waals surface area contributed by atoms with Crippen LogP contribution in [0.15, 0.2) is 12.1 Å². The van der Waals surface area contributed by atoms with Crippen LogP contribution in [0.1, 0.15) is 30.6 Å². The molecule has 0 aliphatic carbocycles. The maximum absolute atomic E-state index is 13.9. The Morgan fingerprint density at radius 1 is 1.07 bits per heavy atom. The molecule has 6 nitrogen and oxygen atoms in total. The number of benzene rings is 1. The van der Waals surface area contributed by atoms with E-state index < -0.39 is 41.0 Å². The molecule has 1 aromatic carbocycles. The average molecular weight is 397 g/mol. The second kappa shape index (κ2) is 7.44. The number of amides is 3. The molecular weight excluding hydrogens is 375 g/mol. The summed E-state index contributed by atoms with van der Waals surface area (Å²) >= 11 is 0. The molecule has 0 bridgehead atoms. The standard InChI is InChI=1S/C19H22F3N3O3/c1-10(2)6-15-19(28)25-5-4-24(9-16(25)18(27)23(15)3)17(26)11-7-13(21)14(22)8-12(11)20/h7-8,10,15-16H,4-6,9H2,1-3H3/t15-,16+/m0/s1. The van der Waals surface area contributed by atoms with Gasteiger partial charge in [0.15, 0.2) is 11.6 Å². The molecule has 0 radical (unpaired) electrons. The lowest BCUT2D eigenvalue weighted by Crippen LogP contribution is -2.69. The second-order valence-electron chi connectivity index (χ2n) is 7.64. The summed E-state index contributed by atoms with van der Waals surface area (Å²) in [6.45, 7) is 4.00. The highest BCUT2D eigenvalue weighted by Crippen LogP contribution is 2.26. The van der Waals surface area contributed by atoms with Crippen LogP contribution in [0.3, 0.4) is 0 Å². The molecular formula is C19H22F3N3O3. The Labute approximate surface area is 160 Å². The van der Waals surface area contributed by atoms with Gasteiger partial charge in [0.1, 0.15) is 17.9 Å². The van der Waals surface area contributed by atoms with E-state index in [0.29, 0.717) is 18.6 Å². The van der Waals surface area contributed by atoms with Gasteiger partial charge in [0, 0.05) is 26.2 Å². The SMILES string of the molecule is CC(C)C[C@H]1C(=O)N2CCN(C(=O)c3cc(F)c(F)cc3F)C[C@@H]2C(=O)N1C. The molecule has 3 amide bonds. The van der Waals surface area contributed by atoms with Gasteiger partial charge in [-0.2, -0.15) is 0 Å². The minimum Gasteiger partial charge on any atom is -0.334 e. The Hall–Kier alpha value is -2.58. The number of carbonyl (C=O) groups is 3. The molecule has 2 fully saturated rings. The predicted octanol–water partition coefficient (Wildman–Crippen LogP) is 1.64. The summed E-state index contributed by atoms with van der Waals surface area (Å²) in [4.78, 5) is 42.2. The van der Waals surface area contributed by atoms with Gasteiger partial charge >= 0.3 is 0 Å². The summed E-state index contributed by atoms with van der Waals surface area (Å²) in [6, 6.07) is -0.585. The van der Waals surface area contributed by atoms with Gasteiger partial charge in [-0.05, 0) is 18.4 Å². The van der Waals surface area contributed by atoms with Gasteiger partial charge in [0.25, 0.3) is 5.91 Å². The van der Waals surface area contributed by atoms with Crippen molar-refractivity contribution in [1.82, 2.24) is 14.7 Å². The number of piperazine rings is 2. The van der Waals surface area contributed by atoms with Crippen molar-refractivity contribution in [3.05, 3.63) is 35.1 Å². The van der Waals surface area contributed by atoms with Crippen molar-refractivity contribution < 1.29 is 27.6 Å². The quantitative estimate of drug-likeness (QED) is 0.729. The van der Waals surface area contributed by atoms with E-state index in [9.17, 15) is 27.6 Å². The zero-order chi connectivity index (χ0) is 20.7. The molecule has 2 atom stereocenters. The van der Waals surface area contributed by atoms with E-state index in [-0.39, 0.29) is 37.4 Å². The van der Waals surface area contributed by atoms with E-state index in [1.807, 2.05) is 13.8 Å². The third-order valence-corrected chi connectivity index (χ3v) is 5.27. The van der Waals surface area contributed by atoms with E-state index in [1.54, 1.807) is 7.05 Å². The van der Waals surface area contributed by atoms with Crippen LogP contribution < -0.4 is 0 Å². The van der Waals surface area contributed by atoms with Crippen molar-refractivity contribution in [3.8, 4) is 0 Å². The molecule has 2 heterocycles. The molecule has 0 unspecified atom stereocenters. The van der Waals surface area contributed by atoms with Crippen molar-refractivity contribution in [1.29, 1.82) is 0 Å². The number of hydrogen-bond acceptors (Lipinski definition) is 3. The summed E-state index contributed by atoms with van der Waals surface area (Å²) in [6.07, 6.45) is 0.535. The van der Waals surface area contributed by atoms with Crippen LogP contribution in [-0.4, -0.2) is 71.2 Å². The number of carbonyl (C=O) groups excluding carboxylic acids is 3. The molecule has 0 N–H and O–H groups in total. The van der Waals surface area contributed by atoms with Gasteiger partial charge in [-0.3, -0.25) is 14.4 Å². The minimum atomic E-state index is -1.38. The number of likely N-dealkylation sites (N-methyl/N-ethyl adjacent to an activating group) is 1. The van der Waals surface area contributed by atoms with Crippen molar-refractivity contribution in [2.75, 3.05) is 26.7 Å². The minimum absolute atomic E-state index is 0.0743. The lowest BCUT2D eigenvalue weighted by molar-refractivity contribution is -0.163. The van der Waals surface area contributed by atoms with Gasteiger partial charge in [-0.1, -0.05) is 13.8 Å². The molecule has 2 saturated heterocycles. The zero-order valence-electron chi connectivity index (χ0n) is 15.9. The smallest absolute Gasteiger partial charge is 0.257 e. The largest absolute Gasteiger partial charge is 0.334 e. The lowest BCUT2D eigenvalue weighted by Gasteiger charge is -2.48. The van der Waals surface area contributed by atoms with Gasteiger partial charge < -0.3 is 14.7 Å². The highest BCUT2D eigenvalue weighted by molar-refractivity contribution is 5.99. The van der Waals surface area contributed by atoms with Crippen LogP contribution in [0.4, 0.5) is 13.2 Å². The number of fused-ring (bicyclic) bond motifs is 1. The molecule has 0 aromatic heterocycles. The molecule has 1 aromatic rings. The van der Waals surface area contributed by atoms with Gasteiger partial charge in [0.2, 0.25) is 11.8 Å². The van der Waals surface area contributed by atoms with E-state index >= 15 is 0 Å². The van der Waals surface area contributed by atoms with E-state index in [4.69, 9.17) is 0 Å². The van der Waals surface area contributed by atoms with Crippen LogP contribution in [-0.2, 0) is 9.59 Å². The molecule has 152 valence electrons. The molecule has 3 rings (SSSR count). The highest BCUT2D eigenvalue weighted by Gasteiger charge is 2.47. The third-order valence-electron chi connectivity index (χ3n) is 5.27. The summed E-state index contributed by atoms with van der Waals surface area (Å²) in [5.41, 5.74) is -0.604. The van der Waals surface area contributed by atoms with Crippen LogP contribution in [0.5, 0.6) is 0 Å². The van der Waals surface area contributed by atoms with Crippen LogP contribution in [0, 0.1) is 23.4 Å². The molecule has 9 heteroatoms. The van der Waals surface area contributed by atoms with Crippen molar-refractivity contribution in [2.24, 2.45) is 5.92 Å². The van der Waals surface area contributed by atoms with Crippen molar-refractivity contribution >= 4 is 17.7 Å². The Morgan fingerprint density at radius 3 is 2.36 bits per heavy atom. The first kappa shape index (κ1) is 20.2. The van der Waals surface area contributed by atoms with Crippen LogP contribution in [0.2, 0.25) is 0 Å². The maximum atomic E-state index is 13.9. The second-order valence-corrected chi connectivity index (χ2v) is 7.64. The number of rotatable bonds is 3. The van der Waals surface area contributed by atoms with Crippen molar-refractivity contribution in [2.45, 2.75) is 32.4 Å². The van der Waals surface area contributed by atoms with E-state index in [1.165, 1.54) is 14.7 Å². The van der Waals surface area contributed by atoms with Gasteiger partial charge in [-0.25, -0.2) is 13.2 Å². The van der Waals surface area contributed by atoms with Crippen LogP contribution >= 0.6 is 0 Å². The number of halogens is 3. The third kappa shape index (κ3) is 3.45. The van der Waals surface area contributed by atoms with Crippen molar-refractivity contribution in [3.63, 3.8) is 0 Å². The summed E-state index contributed by atoms with van der Waals surface area (Å²) in [5, 5.41) is 0. The fourth-order valence-electron chi connectivity index (χ4n) is 3.75. The van der Waals surface area contributed by atoms with Gasteiger partial charge in [-0.15, -0.1) is 0 Å². The topological polar surface area (TPSA) is 60.9 Å². The molecule has 0 spiro atoms. The van der Waals surface area contributed by atoms with E-state index in [0.717, 1.165) is 0 Å².